The molecule has 0 aliphatic heterocycles. The van der Waals surface area contributed by atoms with Gasteiger partial charge in [-0.05, 0) is 43.9 Å². The lowest BCUT2D eigenvalue weighted by atomic mass is 9.98. The number of benzene rings is 1. The minimum Gasteiger partial charge on any atom is -0.493 e. The molecule has 0 heterocycles. The quantitative estimate of drug-likeness (QED) is 0.593. The van der Waals surface area contributed by atoms with Crippen LogP contribution in [-0.2, 0) is 4.74 Å². The highest BCUT2D eigenvalue weighted by Crippen LogP contribution is 2.32. The first-order chi connectivity index (χ1) is 8.97. The van der Waals surface area contributed by atoms with Crippen molar-refractivity contribution in [3.63, 3.8) is 0 Å². The van der Waals surface area contributed by atoms with Gasteiger partial charge in [0.05, 0.1) is 13.2 Å². The number of hydrogen-bond donors (Lipinski definition) is 0. The zero-order valence-electron chi connectivity index (χ0n) is 12.2. The lowest BCUT2D eigenvalue weighted by Gasteiger charge is -2.14. The largest absolute Gasteiger partial charge is 0.514 e. The lowest BCUT2D eigenvalue weighted by molar-refractivity contribution is 0.0720. The molecule has 0 fully saturated rings. The summed E-state index contributed by atoms with van der Waals surface area (Å²) < 4.78 is 15.3. The van der Waals surface area contributed by atoms with E-state index in [0.29, 0.717) is 17.4 Å². The molecule has 0 radical (unpaired) electrons. The fourth-order valence-corrected chi connectivity index (χ4v) is 1.62. The van der Waals surface area contributed by atoms with Gasteiger partial charge in [0.1, 0.15) is 0 Å². The predicted octanol–water partition coefficient (Wildman–Crippen LogP) is 4.13. The van der Waals surface area contributed by atoms with E-state index in [0.717, 1.165) is 12.0 Å². The Kier molecular flexibility index (Phi) is 5.67. The van der Waals surface area contributed by atoms with E-state index in [-0.39, 0.29) is 6.10 Å². The van der Waals surface area contributed by atoms with E-state index in [4.69, 9.17) is 14.2 Å². The molecule has 0 saturated heterocycles. The summed E-state index contributed by atoms with van der Waals surface area (Å²) in [4.78, 5) is 11.5. The molecule has 0 N–H and O–H groups in total. The number of ether oxygens (including phenoxy) is 3. The highest BCUT2D eigenvalue weighted by Gasteiger charge is 2.14. The van der Waals surface area contributed by atoms with Crippen molar-refractivity contribution in [3.8, 4) is 11.5 Å². The van der Waals surface area contributed by atoms with E-state index in [9.17, 15) is 4.79 Å². The summed E-state index contributed by atoms with van der Waals surface area (Å²) in [5, 5.41) is 0. The second-order valence-corrected chi connectivity index (χ2v) is 4.74. The van der Waals surface area contributed by atoms with Crippen LogP contribution in [0, 0.1) is 0 Å². The second-order valence-electron chi connectivity index (χ2n) is 4.74. The van der Waals surface area contributed by atoms with Gasteiger partial charge in [0.25, 0.3) is 0 Å². The van der Waals surface area contributed by atoms with E-state index in [1.165, 1.54) is 0 Å². The van der Waals surface area contributed by atoms with Crippen LogP contribution in [0.2, 0.25) is 0 Å². The molecule has 1 rings (SSSR count). The third kappa shape index (κ3) is 4.47. The van der Waals surface area contributed by atoms with Crippen LogP contribution in [0.1, 0.15) is 45.6 Å². The fourth-order valence-electron chi connectivity index (χ4n) is 1.62. The van der Waals surface area contributed by atoms with Crippen molar-refractivity contribution in [1.82, 2.24) is 0 Å². The highest BCUT2D eigenvalue weighted by atomic mass is 16.7. The molecular weight excluding hydrogens is 244 g/mol. The van der Waals surface area contributed by atoms with Gasteiger partial charge < -0.3 is 14.2 Å². The van der Waals surface area contributed by atoms with Crippen LogP contribution in [0.4, 0.5) is 4.79 Å². The minimum absolute atomic E-state index is 0.210. The first-order valence-electron chi connectivity index (χ1n) is 6.54. The van der Waals surface area contributed by atoms with Gasteiger partial charge in [0.15, 0.2) is 11.5 Å². The number of methoxy groups -OCH3 is 1. The van der Waals surface area contributed by atoms with Crippen molar-refractivity contribution in [1.29, 1.82) is 0 Å². The minimum atomic E-state index is -0.718. The standard InChI is InChI=1S/C15H22O4/c1-6-11(4)12-7-8-13(14(9-12)17-5)19-15(16)18-10(2)3/h7-11H,6H2,1-5H3. The van der Waals surface area contributed by atoms with Gasteiger partial charge in [-0.15, -0.1) is 0 Å². The zero-order valence-corrected chi connectivity index (χ0v) is 12.2. The van der Waals surface area contributed by atoms with Gasteiger partial charge in [-0.3, -0.25) is 0 Å². The topological polar surface area (TPSA) is 44.8 Å². The summed E-state index contributed by atoms with van der Waals surface area (Å²) in [5.74, 6) is 1.35. The molecule has 19 heavy (non-hydrogen) atoms. The summed E-state index contributed by atoms with van der Waals surface area (Å²) in [7, 11) is 1.55. The van der Waals surface area contributed by atoms with Gasteiger partial charge >= 0.3 is 6.16 Å². The van der Waals surface area contributed by atoms with Crippen LogP contribution >= 0.6 is 0 Å². The van der Waals surface area contributed by atoms with Crippen molar-refractivity contribution in [2.75, 3.05) is 7.11 Å². The third-order valence-corrected chi connectivity index (χ3v) is 2.89. The smallest absolute Gasteiger partial charge is 0.493 e. The molecule has 1 unspecified atom stereocenters. The van der Waals surface area contributed by atoms with Crippen LogP contribution in [-0.4, -0.2) is 19.4 Å². The lowest BCUT2D eigenvalue weighted by Crippen LogP contribution is -2.16. The first kappa shape index (κ1) is 15.3. The third-order valence-electron chi connectivity index (χ3n) is 2.89. The number of carbonyl (C=O) groups is 1. The van der Waals surface area contributed by atoms with E-state index < -0.39 is 6.16 Å². The molecule has 1 atom stereocenters. The summed E-state index contributed by atoms with van der Waals surface area (Å²) in [5.41, 5.74) is 1.16. The van der Waals surface area contributed by atoms with Crippen LogP contribution in [0.5, 0.6) is 11.5 Å². The van der Waals surface area contributed by atoms with E-state index >= 15 is 0 Å². The van der Waals surface area contributed by atoms with Gasteiger partial charge in [0.2, 0.25) is 0 Å². The van der Waals surface area contributed by atoms with Crippen LogP contribution in [0.15, 0.2) is 18.2 Å². The second kappa shape index (κ2) is 7.02. The maximum absolute atomic E-state index is 11.5. The molecule has 4 nitrogen and oxygen atoms in total. The number of hydrogen-bond acceptors (Lipinski definition) is 4. The van der Waals surface area contributed by atoms with Gasteiger partial charge in [-0.2, -0.15) is 0 Å². The predicted molar refractivity (Wildman–Crippen MR) is 73.9 cm³/mol. The van der Waals surface area contributed by atoms with Crippen LogP contribution < -0.4 is 9.47 Å². The Morgan fingerprint density at radius 3 is 2.42 bits per heavy atom. The summed E-state index contributed by atoms with van der Waals surface area (Å²) >= 11 is 0. The normalized spacial score (nSPS) is 12.1. The van der Waals surface area contributed by atoms with Crippen LogP contribution in [0.3, 0.4) is 0 Å². The Morgan fingerprint density at radius 2 is 1.89 bits per heavy atom. The molecule has 1 aromatic rings. The van der Waals surface area contributed by atoms with Gasteiger partial charge in [-0.1, -0.05) is 19.9 Å². The average molecular weight is 266 g/mol. The van der Waals surface area contributed by atoms with Crippen molar-refractivity contribution < 1.29 is 19.0 Å². The fraction of sp³-hybridized carbons (Fsp3) is 0.533. The molecule has 1 aromatic carbocycles. The Morgan fingerprint density at radius 1 is 1.21 bits per heavy atom. The Bertz CT molecular complexity index is 426. The highest BCUT2D eigenvalue weighted by molar-refractivity contribution is 5.65. The molecule has 0 aliphatic carbocycles. The number of carbonyl (C=O) groups excluding carboxylic acids is 1. The van der Waals surface area contributed by atoms with Crippen molar-refractivity contribution in [2.45, 2.75) is 46.1 Å². The number of rotatable bonds is 5. The van der Waals surface area contributed by atoms with E-state index in [1.807, 2.05) is 12.1 Å². The van der Waals surface area contributed by atoms with Crippen molar-refractivity contribution in [2.24, 2.45) is 0 Å². The molecular formula is C15H22O4. The molecule has 0 saturated carbocycles. The monoisotopic (exact) mass is 266 g/mol. The van der Waals surface area contributed by atoms with Gasteiger partial charge in [0, 0.05) is 0 Å². The van der Waals surface area contributed by atoms with E-state index in [1.54, 1.807) is 27.0 Å². The molecule has 0 aliphatic rings. The summed E-state index contributed by atoms with van der Waals surface area (Å²) in [6.45, 7) is 7.80. The Labute approximate surface area is 114 Å². The van der Waals surface area contributed by atoms with Crippen LogP contribution in [0.25, 0.3) is 0 Å². The molecule has 106 valence electrons. The zero-order chi connectivity index (χ0) is 14.4. The average Bonchev–Trinajstić information content (AvgIpc) is 2.37. The van der Waals surface area contributed by atoms with Crippen molar-refractivity contribution in [3.05, 3.63) is 23.8 Å². The molecule has 0 aromatic heterocycles. The SMILES string of the molecule is CCC(C)c1ccc(OC(=O)OC(C)C)c(OC)c1. The summed E-state index contributed by atoms with van der Waals surface area (Å²) in [6.07, 6.45) is 0.112. The molecule has 4 heteroatoms. The summed E-state index contributed by atoms with van der Waals surface area (Å²) in [6, 6.07) is 5.57. The molecule has 0 amide bonds. The van der Waals surface area contributed by atoms with Gasteiger partial charge in [-0.25, -0.2) is 4.79 Å². The maximum atomic E-state index is 11.5. The maximum Gasteiger partial charge on any atom is 0.514 e. The Hall–Kier alpha value is -1.71. The molecule has 0 spiro atoms. The molecule has 0 bridgehead atoms. The first-order valence-corrected chi connectivity index (χ1v) is 6.54. The van der Waals surface area contributed by atoms with Crippen molar-refractivity contribution >= 4 is 6.16 Å². The van der Waals surface area contributed by atoms with E-state index in [2.05, 4.69) is 13.8 Å². The Balaban J connectivity index is 2.87.